The molecule has 1 fully saturated rings. The summed E-state index contributed by atoms with van der Waals surface area (Å²) < 4.78 is 0. The predicted molar refractivity (Wildman–Crippen MR) is 119 cm³/mol. The Morgan fingerprint density at radius 3 is 2.21 bits per heavy atom. The zero-order valence-corrected chi connectivity index (χ0v) is 18.1. The number of aliphatic hydroxyl groups is 1. The molecular formula is C27H34O. The van der Waals surface area contributed by atoms with E-state index in [0.29, 0.717) is 0 Å². The second-order valence-corrected chi connectivity index (χ2v) is 8.58. The summed E-state index contributed by atoms with van der Waals surface area (Å²) in [6, 6.07) is 15.6. The number of hydrogen-bond donors (Lipinski definition) is 1. The first kappa shape index (κ1) is 20.7. The summed E-state index contributed by atoms with van der Waals surface area (Å²) >= 11 is 0. The van der Waals surface area contributed by atoms with E-state index < -0.39 is 6.10 Å². The highest BCUT2D eigenvalue weighted by Crippen LogP contribution is 2.51. The first-order chi connectivity index (χ1) is 13.4. The van der Waals surface area contributed by atoms with E-state index in [1.807, 2.05) is 0 Å². The Bertz CT molecular complexity index is 888. The van der Waals surface area contributed by atoms with Crippen molar-refractivity contribution in [2.24, 2.45) is 5.41 Å². The Kier molecular flexibility index (Phi) is 6.01. The fourth-order valence-corrected chi connectivity index (χ4v) is 4.56. The van der Waals surface area contributed by atoms with Crippen LogP contribution in [0.25, 0.3) is 0 Å². The van der Waals surface area contributed by atoms with Crippen LogP contribution in [0.4, 0.5) is 0 Å². The normalized spacial score (nSPS) is 16.2. The van der Waals surface area contributed by atoms with Gasteiger partial charge in [0.1, 0.15) is 6.10 Å². The van der Waals surface area contributed by atoms with Gasteiger partial charge in [0, 0.05) is 16.4 Å². The standard InChI is InChI=1S/C27H34O/c1-6-26(16-17-26)25(28)15-13-22-12-14-24(19-21(22)5)27(7-2,8-3)23-11-9-10-20(4)18-23/h9-12,14,18-19,25,28H,6-8,16-17H2,1-5H3. The molecule has 1 unspecified atom stereocenters. The number of aliphatic hydroxyl groups excluding tert-OH is 1. The Balaban J connectivity index is 1.94. The van der Waals surface area contributed by atoms with Gasteiger partial charge in [0.25, 0.3) is 0 Å². The monoisotopic (exact) mass is 374 g/mol. The summed E-state index contributed by atoms with van der Waals surface area (Å²) in [6.45, 7) is 11.0. The Labute approximate surface area is 171 Å². The highest BCUT2D eigenvalue weighted by Gasteiger charge is 2.46. The van der Waals surface area contributed by atoms with Crippen molar-refractivity contribution in [2.45, 2.75) is 78.2 Å². The molecule has 0 bridgehead atoms. The molecule has 0 saturated heterocycles. The number of hydrogen-bond acceptors (Lipinski definition) is 1. The lowest BCUT2D eigenvalue weighted by atomic mass is 9.70. The van der Waals surface area contributed by atoms with E-state index in [0.717, 1.165) is 37.7 Å². The molecule has 0 aromatic heterocycles. The van der Waals surface area contributed by atoms with Crippen LogP contribution in [0.2, 0.25) is 0 Å². The molecule has 0 heterocycles. The smallest absolute Gasteiger partial charge is 0.120 e. The minimum absolute atomic E-state index is 0.0303. The van der Waals surface area contributed by atoms with Crippen LogP contribution in [-0.2, 0) is 5.41 Å². The molecule has 1 aliphatic rings. The van der Waals surface area contributed by atoms with Gasteiger partial charge in [-0.3, -0.25) is 0 Å². The third kappa shape index (κ3) is 3.76. The van der Waals surface area contributed by atoms with Crippen molar-refractivity contribution in [3.8, 4) is 11.8 Å². The largest absolute Gasteiger partial charge is 0.380 e. The van der Waals surface area contributed by atoms with E-state index in [1.165, 1.54) is 22.3 Å². The minimum Gasteiger partial charge on any atom is -0.380 e. The molecule has 0 spiro atoms. The van der Waals surface area contributed by atoms with Crippen molar-refractivity contribution < 1.29 is 5.11 Å². The van der Waals surface area contributed by atoms with Gasteiger partial charge < -0.3 is 5.11 Å². The molecule has 1 heteroatoms. The van der Waals surface area contributed by atoms with E-state index in [1.54, 1.807) is 0 Å². The Morgan fingerprint density at radius 2 is 1.68 bits per heavy atom. The van der Waals surface area contributed by atoms with Gasteiger partial charge in [0.05, 0.1) is 0 Å². The maximum Gasteiger partial charge on any atom is 0.120 e. The van der Waals surface area contributed by atoms with Crippen molar-refractivity contribution in [2.75, 3.05) is 0 Å². The summed E-state index contributed by atoms with van der Waals surface area (Å²) in [5, 5.41) is 10.5. The van der Waals surface area contributed by atoms with Gasteiger partial charge in [-0.05, 0) is 68.7 Å². The van der Waals surface area contributed by atoms with E-state index >= 15 is 0 Å². The second kappa shape index (κ2) is 8.14. The molecule has 28 heavy (non-hydrogen) atoms. The molecule has 3 rings (SSSR count). The van der Waals surface area contributed by atoms with Crippen molar-refractivity contribution in [1.29, 1.82) is 0 Å². The maximum absolute atomic E-state index is 10.5. The van der Waals surface area contributed by atoms with Gasteiger partial charge in [-0.15, -0.1) is 0 Å². The summed E-state index contributed by atoms with van der Waals surface area (Å²) in [7, 11) is 0. The lowest BCUT2D eigenvalue weighted by Gasteiger charge is -2.34. The first-order valence-electron chi connectivity index (χ1n) is 10.8. The third-order valence-electron chi connectivity index (χ3n) is 7.08. The van der Waals surface area contributed by atoms with Crippen LogP contribution >= 0.6 is 0 Å². The fourth-order valence-electron chi connectivity index (χ4n) is 4.56. The molecule has 1 atom stereocenters. The predicted octanol–water partition coefficient (Wildman–Crippen LogP) is 6.31. The van der Waals surface area contributed by atoms with Gasteiger partial charge in [-0.25, -0.2) is 0 Å². The Morgan fingerprint density at radius 1 is 1.00 bits per heavy atom. The van der Waals surface area contributed by atoms with Crippen LogP contribution in [0.1, 0.15) is 80.7 Å². The molecule has 2 aromatic rings. The molecule has 0 amide bonds. The molecule has 0 radical (unpaired) electrons. The van der Waals surface area contributed by atoms with Crippen molar-refractivity contribution in [3.05, 3.63) is 70.3 Å². The zero-order chi connectivity index (χ0) is 20.4. The topological polar surface area (TPSA) is 20.2 Å². The average Bonchev–Trinajstić information content (AvgIpc) is 3.50. The van der Waals surface area contributed by atoms with Crippen molar-refractivity contribution >= 4 is 0 Å². The van der Waals surface area contributed by atoms with Gasteiger partial charge in [0.15, 0.2) is 0 Å². The zero-order valence-electron chi connectivity index (χ0n) is 18.1. The average molecular weight is 375 g/mol. The van der Waals surface area contributed by atoms with E-state index in [9.17, 15) is 5.11 Å². The molecular weight excluding hydrogens is 340 g/mol. The molecule has 1 nitrogen and oxygen atoms in total. The Hall–Kier alpha value is -2.04. The van der Waals surface area contributed by atoms with Crippen molar-refractivity contribution in [3.63, 3.8) is 0 Å². The first-order valence-corrected chi connectivity index (χ1v) is 10.8. The number of benzene rings is 2. The highest BCUT2D eigenvalue weighted by molar-refractivity contribution is 5.48. The van der Waals surface area contributed by atoms with Crippen LogP contribution in [-0.4, -0.2) is 11.2 Å². The fraction of sp³-hybridized carbons (Fsp3) is 0.481. The van der Waals surface area contributed by atoms with E-state index in [-0.39, 0.29) is 10.8 Å². The lowest BCUT2D eigenvalue weighted by molar-refractivity contribution is 0.143. The molecule has 1 saturated carbocycles. The van der Waals surface area contributed by atoms with Gasteiger partial charge >= 0.3 is 0 Å². The lowest BCUT2D eigenvalue weighted by Crippen LogP contribution is -2.26. The van der Waals surface area contributed by atoms with Crippen LogP contribution in [0.5, 0.6) is 0 Å². The highest BCUT2D eigenvalue weighted by atomic mass is 16.3. The van der Waals surface area contributed by atoms with Crippen LogP contribution in [0.15, 0.2) is 42.5 Å². The minimum atomic E-state index is -0.505. The SMILES string of the molecule is CCC(CC)(c1cccc(C)c1)c1ccc(C#CC(O)C2(CC)CC2)c(C)c1. The van der Waals surface area contributed by atoms with Crippen LogP contribution < -0.4 is 0 Å². The molecule has 0 aliphatic heterocycles. The number of rotatable bonds is 6. The van der Waals surface area contributed by atoms with E-state index in [4.69, 9.17) is 0 Å². The molecule has 2 aromatic carbocycles. The van der Waals surface area contributed by atoms with Gasteiger partial charge in [-0.1, -0.05) is 74.6 Å². The quantitative estimate of drug-likeness (QED) is 0.587. The molecule has 1 N–H and O–H groups in total. The molecule has 1 aliphatic carbocycles. The van der Waals surface area contributed by atoms with Crippen LogP contribution in [0.3, 0.4) is 0 Å². The maximum atomic E-state index is 10.5. The number of aryl methyl sites for hydroxylation is 2. The summed E-state index contributed by atoms with van der Waals surface area (Å²) in [6.07, 6.45) is 4.83. The second-order valence-electron chi connectivity index (χ2n) is 8.58. The summed E-state index contributed by atoms with van der Waals surface area (Å²) in [4.78, 5) is 0. The van der Waals surface area contributed by atoms with E-state index in [2.05, 4.69) is 88.9 Å². The summed E-state index contributed by atoms with van der Waals surface area (Å²) in [5.74, 6) is 6.38. The van der Waals surface area contributed by atoms with Crippen molar-refractivity contribution in [1.82, 2.24) is 0 Å². The van der Waals surface area contributed by atoms with Gasteiger partial charge in [0.2, 0.25) is 0 Å². The molecule has 148 valence electrons. The van der Waals surface area contributed by atoms with Crippen LogP contribution in [0, 0.1) is 31.1 Å². The van der Waals surface area contributed by atoms with Gasteiger partial charge in [-0.2, -0.15) is 0 Å². The third-order valence-corrected chi connectivity index (χ3v) is 7.08. The summed E-state index contributed by atoms with van der Waals surface area (Å²) in [5.41, 5.74) is 6.37.